The third kappa shape index (κ3) is 4.32. The highest BCUT2D eigenvalue weighted by Gasteiger charge is 2.27. The molecule has 1 aromatic heterocycles. The van der Waals surface area contributed by atoms with Crippen molar-refractivity contribution in [3.8, 4) is 17.0 Å². The lowest BCUT2D eigenvalue weighted by Gasteiger charge is -2.31. The van der Waals surface area contributed by atoms with Crippen molar-refractivity contribution in [2.24, 2.45) is 5.92 Å². The Hall–Kier alpha value is -2.50. The Morgan fingerprint density at radius 1 is 1.21 bits per heavy atom. The maximum Gasteiger partial charge on any atom is 0.167 e. The Bertz CT molecular complexity index is 939. The largest absolute Gasteiger partial charge is 0.497 e. The number of nitrogens with zero attached hydrogens (tertiary/aromatic N) is 2. The van der Waals surface area contributed by atoms with Crippen LogP contribution in [-0.4, -0.2) is 35.9 Å². The Morgan fingerprint density at radius 3 is 2.89 bits per heavy atom. The van der Waals surface area contributed by atoms with Crippen LogP contribution >= 0.6 is 11.3 Å². The average molecular weight is 393 g/mol. The second-order valence-corrected chi connectivity index (χ2v) is 8.11. The van der Waals surface area contributed by atoms with Gasteiger partial charge in [0.15, 0.2) is 5.78 Å². The standard InChI is InChI=1S/C23H24N2O2S/c1-27-20-11-5-9-18(13-20)23(26)19-10-6-12-25(14-19)15-22-24-21(16-28-22)17-7-3-2-4-8-17/h2-5,7-9,11,13,16,19H,6,10,12,14-15H2,1H3. The Kier molecular flexibility index (Phi) is 5.84. The minimum absolute atomic E-state index is 0.0365. The van der Waals surface area contributed by atoms with E-state index in [1.54, 1.807) is 18.4 Å². The van der Waals surface area contributed by atoms with E-state index < -0.39 is 0 Å². The van der Waals surface area contributed by atoms with Crippen LogP contribution in [0.1, 0.15) is 28.2 Å². The van der Waals surface area contributed by atoms with Gasteiger partial charge < -0.3 is 4.74 Å². The van der Waals surface area contributed by atoms with E-state index in [0.29, 0.717) is 0 Å². The molecule has 3 aromatic rings. The molecule has 144 valence electrons. The zero-order valence-electron chi connectivity index (χ0n) is 16.0. The zero-order valence-corrected chi connectivity index (χ0v) is 16.8. The van der Waals surface area contributed by atoms with Crippen LogP contribution in [0.5, 0.6) is 5.75 Å². The number of Topliss-reactive ketones (excluding diaryl/α,β-unsaturated/α-hetero) is 1. The number of thiazole rings is 1. The molecule has 0 saturated carbocycles. The quantitative estimate of drug-likeness (QED) is 0.559. The van der Waals surface area contributed by atoms with Crippen molar-refractivity contribution in [2.75, 3.05) is 20.2 Å². The molecular formula is C23H24N2O2S. The average Bonchev–Trinajstić information content (AvgIpc) is 3.22. The highest BCUT2D eigenvalue weighted by atomic mass is 32.1. The fourth-order valence-electron chi connectivity index (χ4n) is 3.74. The fraction of sp³-hybridized carbons (Fsp3) is 0.304. The van der Waals surface area contributed by atoms with E-state index in [-0.39, 0.29) is 11.7 Å². The summed E-state index contributed by atoms with van der Waals surface area (Å²) in [5, 5.41) is 3.22. The minimum Gasteiger partial charge on any atom is -0.497 e. The molecule has 0 aliphatic carbocycles. The van der Waals surface area contributed by atoms with Gasteiger partial charge in [-0.2, -0.15) is 0 Å². The van der Waals surface area contributed by atoms with Gasteiger partial charge in [-0.1, -0.05) is 42.5 Å². The van der Waals surface area contributed by atoms with Crippen LogP contribution in [0.2, 0.25) is 0 Å². The molecule has 0 radical (unpaired) electrons. The highest BCUT2D eigenvalue weighted by molar-refractivity contribution is 7.09. The first-order chi connectivity index (χ1) is 13.7. The van der Waals surface area contributed by atoms with Crippen LogP contribution < -0.4 is 4.74 Å². The van der Waals surface area contributed by atoms with E-state index in [1.165, 1.54) is 0 Å². The summed E-state index contributed by atoms with van der Waals surface area (Å²) in [6, 6.07) is 17.7. The van der Waals surface area contributed by atoms with Gasteiger partial charge in [-0.15, -0.1) is 11.3 Å². The second kappa shape index (κ2) is 8.67. The molecule has 1 aliphatic rings. The molecule has 1 atom stereocenters. The van der Waals surface area contributed by atoms with Crippen molar-refractivity contribution in [1.82, 2.24) is 9.88 Å². The molecule has 4 nitrogen and oxygen atoms in total. The number of methoxy groups -OCH3 is 1. The molecule has 4 rings (SSSR count). The molecular weight excluding hydrogens is 368 g/mol. The second-order valence-electron chi connectivity index (χ2n) is 7.16. The third-order valence-corrected chi connectivity index (χ3v) is 6.04. The number of piperidine rings is 1. The fourth-order valence-corrected chi connectivity index (χ4v) is 4.59. The van der Waals surface area contributed by atoms with Crippen molar-refractivity contribution in [3.63, 3.8) is 0 Å². The van der Waals surface area contributed by atoms with Crippen molar-refractivity contribution >= 4 is 17.1 Å². The maximum absolute atomic E-state index is 13.0. The molecule has 5 heteroatoms. The third-order valence-electron chi connectivity index (χ3n) is 5.21. The molecule has 0 bridgehead atoms. The van der Waals surface area contributed by atoms with Gasteiger partial charge in [0.1, 0.15) is 10.8 Å². The van der Waals surface area contributed by atoms with Gasteiger partial charge in [0, 0.05) is 29.0 Å². The number of benzene rings is 2. The number of likely N-dealkylation sites (tertiary alicyclic amines) is 1. The molecule has 1 unspecified atom stereocenters. The van der Waals surface area contributed by atoms with Crippen molar-refractivity contribution < 1.29 is 9.53 Å². The minimum atomic E-state index is 0.0365. The van der Waals surface area contributed by atoms with Gasteiger partial charge in [-0.3, -0.25) is 9.69 Å². The summed E-state index contributed by atoms with van der Waals surface area (Å²) in [6.45, 7) is 2.61. The summed E-state index contributed by atoms with van der Waals surface area (Å²) in [4.78, 5) is 20.1. The summed E-state index contributed by atoms with van der Waals surface area (Å²) < 4.78 is 5.26. The van der Waals surface area contributed by atoms with Crippen LogP contribution in [-0.2, 0) is 6.54 Å². The molecule has 1 fully saturated rings. The normalized spacial score (nSPS) is 17.4. The van der Waals surface area contributed by atoms with Crippen molar-refractivity contribution in [2.45, 2.75) is 19.4 Å². The van der Waals surface area contributed by atoms with Gasteiger partial charge in [-0.05, 0) is 31.5 Å². The molecule has 0 spiro atoms. The first-order valence-corrected chi connectivity index (χ1v) is 10.5. The van der Waals surface area contributed by atoms with Crippen LogP contribution in [0, 0.1) is 5.92 Å². The number of carbonyl (C=O) groups is 1. The monoisotopic (exact) mass is 392 g/mol. The van der Waals surface area contributed by atoms with Crippen LogP contribution in [0.25, 0.3) is 11.3 Å². The molecule has 1 saturated heterocycles. The Balaban J connectivity index is 1.41. The lowest BCUT2D eigenvalue weighted by molar-refractivity contribution is 0.0811. The van der Waals surface area contributed by atoms with Gasteiger partial charge in [0.2, 0.25) is 0 Å². The molecule has 0 amide bonds. The number of rotatable bonds is 6. The first kappa shape index (κ1) is 18.8. The first-order valence-electron chi connectivity index (χ1n) is 9.63. The van der Waals surface area contributed by atoms with Gasteiger partial charge in [-0.25, -0.2) is 4.98 Å². The smallest absolute Gasteiger partial charge is 0.167 e. The molecule has 0 N–H and O–H groups in total. The number of ether oxygens (including phenoxy) is 1. The van der Waals surface area contributed by atoms with Crippen LogP contribution in [0.3, 0.4) is 0 Å². The molecule has 2 heterocycles. The predicted molar refractivity (Wildman–Crippen MR) is 113 cm³/mol. The van der Waals surface area contributed by atoms with E-state index in [1.807, 2.05) is 42.5 Å². The van der Waals surface area contributed by atoms with Crippen LogP contribution in [0.15, 0.2) is 60.0 Å². The predicted octanol–water partition coefficient (Wildman–Crippen LogP) is 4.91. The van der Waals surface area contributed by atoms with Gasteiger partial charge in [0.05, 0.1) is 19.3 Å². The summed E-state index contributed by atoms with van der Waals surface area (Å²) in [6.07, 6.45) is 1.98. The van der Waals surface area contributed by atoms with E-state index >= 15 is 0 Å². The maximum atomic E-state index is 13.0. The lowest BCUT2D eigenvalue weighted by atomic mass is 9.90. The van der Waals surface area contributed by atoms with E-state index in [9.17, 15) is 4.79 Å². The Labute approximate surface area is 169 Å². The number of aromatic nitrogens is 1. The van der Waals surface area contributed by atoms with E-state index in [0.717, 1.165) is 60.1 Å². The van der Waals surface area contributed by atoms with Gasteiger partial charge >= 0.3 is 0 Å². The van der Waals surface area contributed by atoms with Crippen molar-refractivity contribution in [3.05, 3.63) is 70.5 Å². The number of hydrogen-bond acceptors (Lipinski definition) is 5. The zero-order chi connectivity index (χ0) is 19.3. The van der Waals surface area contributed by atoms with Crippen molar-refractivity contribution in [1.29, 1.82) is 0 Å². The number of hydrogen-bond donors (Lipinski definition) is 0. The van der Waals surface area contributed by atoms with Crippen LogP contribution in [0.4, 0.5) is 0 Å². The summed E-state index contributed by atoms with van der Waals surface area (Å²) in [5.74, 6) is 0.983. The molecule has 28 heavy (non-hydrogen) atoms. The lowest BCUT2D eigenvalue weighted by Crippen LogP contribution is -2.38. The molecule has 1 aliphatic heterocycles. The summed E-state index contributed by atoms with van der Waals surface area (Å²) in [5.41, 5.74) is 2.92. The van der Waals surface area contributed by atoms with E-state index in [4.69, 9.17) is 9.72 Å². The number of carbonyl (C=O) groups excluding carboxylic acids is 1. The summed E-state index contributed by atoms with van der Waals surface area (Å²) >= 11 is 1.69. The summed E-state index contributed by atoms with van der Waals surface area (Å²) in [7, 11) is 1.63. The number of ketones is 1. The highest BCUT2D eigenvalue weighted by Crippen LogP contribution is 2.26. The SMILES string of the molecule is COc1cccc(C(=O)C2CCCN(Cc3nc(-c4ccccc4)cs3)C2)c1. The van der Waals surface area contributed by atoms with Gasteiger partial charge in [0.25, 0.3) is 0 Å². The van der Waals surface area contributed by atoms with E-state index in [2.05, 4.69) is 22.4 Å². The Morgan fingerprint density at radius 2 is 2.07 bits per heavy atom. The molecule has 2 aromatic carbocycles. The topological polar surface area (TPSA) is 42.4 Å².